The van der Waals surface area contributed by atoms with E-state index >= 15 is 0 Å². The molecule has 0 aliphatic carbocycles. The van der Waals surface area contributed by atoms with Crippen LogP contribution >= 0.6 is 11.3 Å². The number of rotatable bonds is 2. The molecule has 0 fully saturated rings. The van der Waals surface area contributed by atoms with Gasteiger partial charge in [-0.3, -0.25) is 4.79 Å². The number of fused-ring (bicyclic) bond motifs is 4. The van der Waals surface area contributed by atoms with Crippen molar-refractivity contribution in [3.05, 3.63) is 39.8 Å². The molecule has 1 atom stereocenters. The summed E-state index contributed by atoms with van der Waals surface area (Å²) in [6, 6.07) is 5.63. The number of ether oxygens (including phenoxy) is 3. The highest BCUT2D eigenvalue weighted by Crippen LogP contribution is 2.42. The van der Waals surface area contributed by atoms with Crippen LogP contribution in [-0.2, 0) is 17.7 Å². The molecule has 5 rings (SSSR count). The van der Waals surface area contributed by atoms with Gasteiger partial charge in [0.25, 0.3) is 5.91 Å². The van der Waals surface area contributed by atoms with Gasteiger partial charge in [0.2, 0.25) is 6.79 Å². The minimum atomic E-state index is -0.351. The molecule has 2 amide bonds. The highest BCUT2D eigenvalue weighted by Gasteiger charge is 2.34. The van der Waals surface area contributed by atoms with Crippen molar-refractivity contribution in [2.75, 3.05) is 25.3 Å². The standard InChI is InChI=1S/C19H19N3O5S/c1-2-25-19(24)22-6-5-11-14(8-22)28-18-15(11)17(23)20-16(21-18)10-3-4-12-13(7-10)27-9-26-12/h3-4,7,16,21H,2,5-6,8-9H2,1H3,(H,20,23)/t16-/m1/s1. The van der Waals surface area contributed by atoms with Crippen molar-refractivity contribution in [1.29, 1.82) is 0 Å². The van der Waals surface area contributed by atoms with Gasteiger partial charge in [0.05, 0.1) is 18.7 Å². The second kappa shape index (κ2) is 6.59. The Labute approximate surface area is 165 Å². The molecule has 3 aliphatic rings. The van der Waals surface area contributed by atoms with E-state index in [9.17, 15) is 9.59 Å². The molecule has 2 aromatic rings. The Morgan fingerprint density at radius 3 is 3.04 bits per heavy atom. The average Bonchev–Trinajstić information content (AvgIpc) is 3.30. The summed E-state index contributed by atoms with van der Waals surface area (Å²) in [5.74, 6) is 1.28. The summed E-state index contributed by atoms with van der Waals surface area (Å²) in [7, 11) is 0. The maximum absolute atomic E-state index is 12.8. The molecule has 0 saturated carbocycles. The van der Waals surface area contributed by atoms with E-state index in [0.29, 0.717) is 43.2 Å². The average molecular weight is 401 g/mol. The van der Waals surface area contributed by atoms with Crippen LogP contribution in [0.15, 0.2) is 18.2 Å². The topological polar surface area (TPSA) is 89.1 Å². The monoisotopic (exact) mass is 401 g/mol. The number of hydrogen-bond donors (Lipinski definition) is 2. The molecule has 9 heteroatoms. The van der Waals surface area contributed by atoms with Crippen LogP contribution in [0, 0.1) is 0 Å². The van der Waals surface area contributed by atoms with Crippen LogP contribution in [0.5, 0.6) is 11.5 Å². The molecule has 0 saturated heterocycles. The summed E-state index contributed by atoms with van der Waals surface area (Å²) >= 11 is 1.53. The van der Waals surface area contributed by atoms with E-state index in [1.54, 1.807) is 11.8 Å². The predicted molar refractivity (Wildman–Crippen MR) is 102 cm³/mol. The van der Waals surface area contributed by atoms with Crippen LogP contribution in [0.2, 0.25) is 0 Å². The molecular formula is C19H19N3O5S. The van der Waals surface area contributed by atoms with E-state index < -0.39 is 0 Å². The van der Waals surface area contributed by atoms with E-state index in [1.165, 1.54) is 11.3 Å². The first-order valence-electron chi connectivity index (χ1n) is 9.17. The summed E-state index contributed by atoms with van der Waals surface area (Å²) in [6.45, 7) is 3.37. The predicted octanol–water partition coefficient (Wildman–Crippen LogP) is 2.85. The fraction of sp³-hybridized carbons (Fsp3) is 0.368. The summed E-state index contributed by atoms with van der Waals surface area (Å²) in [5.41, 5.74) is 2.61. The van der Waals surface area contributed by atoms with Crippen molar-refractivity contribution < 1.29 is 23.8 Å². The third kappa shape index (κ3) is 2.73. The molecule has 3 aliphatic heterocycles. The lowest BCUT2D eigenvalue weighted by Crippen LogP contribution is -2.39. The normalized spacial score (nSPS) is 19.4. The van der Waals surface area contributed by atoms with Gasteiger partial charge in [-0.1, -0.05) is 6.07 Å². The molecule has 0 bridgehead atoms. The van der Waals surface area contributed by atoms with Crippen LogP contribution in [-0.4, -0.2) is 36.8 Å². The second-order valence-corrected chi connectivity index (χ2v) is 7.85. The summed E-state index contributed by atoms with van der Waals surface area (Å²) < 4.78 is 15.9. The minimum Gasteiger partial charge on any atom is -0.454 e. The number of hydrogen-bond acceptors (Lipinski definition) is 7. The maximum Gasteiger partial charge on any atom is 0.410 e. The Bertz CT molecular complexity index is 973. The van der Waals surface area contributed by atoms with Gasteiger partial charge in [0, 0.05) is 11.4 Å². The van der Waals surface area contributed by atoms with Gasteiger partial charge in [-0.15, -0.1) is 11.3 Å². The highest BCUT2D eigenvalue weighted by atomic mass is 32.1. The third-order valence-electron chi connectivity index (χ3n) is 5.09. The molecule has 4 heterocycles. The van der Waals surface area contributed by atoms with Gasteiger partial charge in [-0.2, -0.15) is 0 Å². The number of nitrogens with zero attached hydrogens (tertiary/aromatic N) is 1. The van der Waals surface area contributed by atoms with Crippen molar-refractivity contribution >= 4 is 28.3 Å². The lowest BCUT2D eigenvalue weighted by Gasteiger charge is -2.28. The number of nitrogens with one attached hydrogen (secondary N) is 2. The van der Waals surface area contributed by atoms with Gasteiger partial charge >= 0.3 is 6.09 Å². The van der Waals surface area contributed by atoms with Gasteiger partial charge < -0.3 is 29.7 Å². The summed E-state index contributed by atoms with van der Waals surface area (Å²) in [4.78, 5) is 27.6. The van der Waals surface area contributed by atoms with Crippen molar-refractivity contribution in [2.24, 2.45) is 0 Å². The van der Waals surface area contributed by atoms with E-state index in [1.807, 2.05) is 18.2 Å². The zero-order valence-electron chi connectivity index (χ0n) is 15.2. The Morgan fingerprint density at radius 1 is 1.32 bits per heavy atom. The van der Waals surface area contributed by atoms with Crippen LogP contribution < -0.4 is 20.1 Å². The Balaban J connectivity index is 1.41. The lowest BCUT2D eigenvalue weighted by molar-refractivity contribution is 0.0934. The molecule has 146 valence electrons. The largest absolute Gasteiger partial charge is 0.454 e. The SMILES string of the molecule is CCOC(=O)N1CCc2c(sc3c2C(=O)N[C@@H](c2ccc4c(c2)OCO4)N3)C1. The van der Waals surface area contributed by atoms with Gasteiger partial charge in [0.15, 0.2) is 11.5 Å². The van der Waals surface area contributed by atoms with Crippen molar-refractivity contribution in [1.82, 2.24) is 10.2 Å². The summed E-state index contributed by atoms with van der Waals surface area (Å²) in [5, 5.41) is 7.28. The summed E-state index contributed by atoms with van der Waals surface area (Å²) in [6.07, 6.45) is -0.0185. The third-order valence-corrected chi connectivity index (χ3v) is 6.24. The Morgan fingerprint density at radius 2 is 2.18 bits per heavy atom. The number of thiophene rings is 1. The fourth-order valence-electron chi connectivity index (χ4n) is 3.75. The van der Waals surface area contributed by atoms with E-state index in [-0.39, 0.29) is 25.0 Å². The molecule has 28 heavy (non-hydrogen) atoms. The number of amides is 2. The van der Waals surface area contributed by atoms with Crippen molar-refractivity contribution in [3.63, 3.8) is 0 Å². The quantitative estimate of drug-likeness (QED) is 0.805. The van der Waals surface area contributed by atoms with Gasteiger partial charge in [-0.25, -0.2) is 4.79 Å². The fourth-order valence-corrected chi connectivity index (χ4v) is 5.03. The number of anilines is 1. The van der Waals surface area contributed by atoms with Crippen LogP contribution in [0.25, 0.3) is 0 Å². The molecule has 0 spiro atoms. The zero-order chi connectivity index (χ0) is 19.3. The lowest BCUT2D eigenvalue weighted by atomic mass is 10.0. The molecule has 0 radical (unpaired) electrons. The van der Waals surface area contributed by atoms with Gasteiger partial charge in [-0.05, 0) is 36.6 Å². The van der Waals surface area contributed by atoms with Crippen LogP contribution in [0.4, 0.5) is 9.80 Å². The Kier molecular flexibility index (Phi) is 4.04. The van der Waals surface area contributed by atoms with Crippen LogP contribution in [0.3, 0.4) is 0 Å². The number of carbonyl (C=O) groups excluding carboxylic acids is 2. The molecule has 1 aromatic carbocycles. The van der Waals surface area contributed by atoms with E-state index in [2.05, 4.69) is 10.6 Å². The molecule has 1 aromatic heterocycles. The Hall–Kier alpha value is -2.94. The van der Waals surface area contributed by atoms with E-state index in [0.717, 1.165) is 21.0 Å². The second-order valence-electron chi connectivity index (χ2n) is 6.74. The van der Waals surface area contributed by atoms with E-state index in [4.69, 9.17) is 14.2 Å². The van der Waals surface area contributed by atoms with Crippen LogP contribution in [0.1, 0.15) is 39.5 Å². The molecule has 2 N–H and O–H groups in total. The molecule has 8 nitrogen and oxygen atoms in total. The number of carbonyl (C=O) groups is 2. The first-order chi connectivity index (χ1) is 13.6. The maximum atomic E-state index is 12.8. The van der Waals surface area contributed by atoms with Crippen molar-refractivity contribution in [3.8, 4) is 11.5 Å². The first kappa shape index (κ1) is 17.2. The minimum absolute atomic E-state index is 0.0986. The first-order valence-corrected chi connectivity index (χ1v) is 9.99. The molecule has 0 unspecified atom stereocenters. The zero-order valence-corrected chi connectivity index (χ0v) is 16.1. The van der Waals surface area contributed by atoms with Crippen molar-refractivity contribution in [2.45, 2.75) is 26.1 Å². The molecular weight excluding hydrogens is 382 g/mol. The number of benzene rings is 1. The van der Waals surface area contributed by atoms with Gasteiger partial charge in [0.1, 0.15) is 11.2 Å². The smallest absolute Gasteiger partial charge is 0.410 e. The highest BCUT2D eigenvalue weighted by molar-refractivity contribution is 7.16.